The second-order valence-corrected chi connectivity index (χ2v) is 8.61. The molecule has 30 heavy (non-hydrogen) atoms. The van der Waals surface area contributed by atoms with Gasteiger partial charge in [0.2, 0.25) is 17.7 Å². The average molecular weight is 407 g/mol. The summed E-state index contributed by atoms with van der Waals surface area (Å²) in [7, 11) is 0. The van der Waals surface area contributed by atoms with Gasteiger partial charge < -0.3 is 5.32 Å². The van der Waals surface area contributed by atoms with Crippen LogP contribution in [0.2, 0.25) is 0 Å². The highest BCUT2D eigenvalue weighted by Crippen LogP contribution is 2.53. The Morgan fingerprint density at radius 1 is 1.03 bits per heavy atom. The number of nitrogens with one attached hydrogen (secondary N) is 2. The molecule has 2 N–H and O–H groups in total. The Balaban J connectivity index is 1.59. The minimum absolute atomic E-state index is 0.0416. The topological polar surface area (TPSA) is 78.5 Å². The van der Waals surface area contributed by atoms with E-state index in [0.29, 0.717) is 16.8 Å². The Morgan fingerprint density at radius 2 is 1.73 bits per heavy atom. The molecule has 3 aliphatic rings. The summed E-state index contributed by atoms with van der Waals surface area (Å²) < 4.78 is 13.3. The van der Waals surface area contributed by atoms with Crippen LogP contribution in [0.25, 0.3) is 0 Å². The van der Waals surface area contributed by atoms with Crippen LogP contribution in [0.5, 0.6) is 0 Å². The molecule has 0 aromatic heterocycles. The number of benzene rings is 2. The third kappa shape index (κ3) is 2.41. The third-order valence-corrected chi connectivity index (χ3v) is 6.62. The van der Waals surface area contributed by atoms with Crippen molar-refractivity contribution in [2.45, 2.75) is 32.0 Å². The van der Waals surface area contributed by atoms with Crippen LogP contribution in [-0.4, -0.2) is 28.7 Å². The molecule has 0 bridgehead atoms. The Bertz CT molecular complexity index is 1070. The maximum Gasteiger partial charge on any atom is 0.250 e. The van der Waals surface area contributed by atoms with Crippen LogP contribution >= 0.6 is 0 Å². The average Bonchev–Trinajstić information content (AvgIpc) is 3.31. The van der Waals surface area contributed by atoms with E-state index in [-0.39, 0.29) is 42.0 Å². The van der Waals surface area contributed by atoms with Gasteiger partial charge in [0, 0.05) is 17.3 Å². The van der Waals surface area contributed by atoms with E-state index in [2.05, 4.69) is 10.6 Å². The van der Waals surface area contributed by atoms with E-state index in [0.717, 1.165) is 0 Å². The fraction of sp³-hybridized carbons (Fsp3) is 0.348. The number of anilines is 1. The van der Waals surface area contributed by atoms with Gasteiger partial charge in [-0.25, -0.2) is 4.39 Å². The first-order valence-corrected chi connectivity index (χ1v) is 10.1. The number of halogens is 1. The number of carbonyl (C=O) groups excluding carboxylic acids is 3. The Hall–Kier alpha value is -3.06. The van der Waals surface area contributed by atoms with Crippen LogP contribution in [-0.2, 0) is 26.5 Å². The molecule has 0 unspecified atom stereocenters. The fourth-order valence-electron chi connectivity index (χ4n) is 5.25. The molecule has 3 heterocycles. The summed E-state index contributed by atoms with van der Waals surface area (Å²) in [6.07, 6.45) is 0. The van der Waals surface area contributed by atoms with E-state index < -0.39 is 17.4 Å². The zero-order valence-corrected chi connectivity index (χ0v) is 16.7. The molecule has 0 saturated carbocycles. The monoisotopic (exact) mass is 407 g/mol. The first kappa shape index (κ1) is 18.9. The van der Waals surface area contributed by atoms with E-state index in [1.54, 1.807) is 18.2 Å². The third-order valence-electron chi connectivity index (χ3n) is 6.62. The molecule has 154 valence electrons. The molecule has 4 atom stereocenters. The highest BCUT2D eigenvalue weighted by atomic mass is 19.1. The number of amides is 3. The maximum absolute atomic E-state index is 13.6. The van der Waals surface area contributed by atoms with Gasteiger partial charge in [-0.15, -0.1) is 0 Å². The lowest BCUT2D eigenvalue weighted by Gasteiger charge is -2.30. The predicted molar refractivity (Wildman–Crippen MR) is 107 cm³/mol. The first-order chi connectivity index (χ1) is 14.3. The normalized spacial score (nSPS) is 29.7. The molecule has 2 fully saturated rings. The summed E-state index contributed by atoms with van der Waals surface area (Å²) in [5.74, 6) is -2.73. The number of imide groups is 1. The van der Waals surface area contributed by atoms with Crippen LogP contribution in [0.1, 0.15) is 25.0 Å². The molecule has 7 heteroatoms. The van der Waals surface area contributed by atoms with Crippen molar-refractivity contribution in [1.29, 1.82) is 0 Å². The van der Waals surface area contributed by atoms with Crippen LogP contribution < -0.4 is 10.6 Å². The SMILES string of the molecule is CC(C)[C@H]1N[C@@]2(C(=O)Nc3ccccc32)[C@@H]2C(=O)N(Cc3ccc(F)cc3)C(=O)[C@H]12. The molecule has 1 spiro atoms. The van der Waals surface area contributed by atoms with Gasteiger partial charge in [0.1, 0.15) is 11.4 Å². The molecule has 5 rings (SSSR count). The quantitative estimate of drug-likeness (QED) is 0.766. The summed E-state index contributed by atoms with van der Waals surface area (Å²) in [4.78, 5) is 41.4. The molecule has 2 saturated heterocycles. The van der Waals surface area contributed by atoms with E-state index in [4.69, 9.17) is 0 Å². The number of rotatable bonds is 3. The van der Waals surface area contributed by atoms with Gasteiger partial charge in [-0.3, -0.25) is 24.6 Å². The van der Waals surface area contributed by atoms with Crippen molar-refractivity contribution in [3.8, 4) is 0 Å². The molecule has 2 aromatic carbocycles. The standard InChI is InChI=1S/C23H22FN3O3/c1-12(2)19-17-18(23(26-19)15-5-3-4-6-16(15)25-22(23)30)21(29)27(20(17)28)11-13-7-9-14(24)10-8-13/h3-10,12,17-19,26H,11H2,1-2H3,(H,25,30)/t17-,18-,19+,23+/m0/s1. The highest BCUT2D eigenvalue weighted by Gasteiger charge is 2.70. The van der Waals surface area contributed by atoms with E-state index in [1.165, 1.54) is 17.0 Å². The number of nitrogens with zero attached hydrogens (tertiary/aromatic N) is 1. The first-order valence-electron chi connectivity index (χ1n) is 10.1. The lowest BCUT2D eigenvalue weighted by Crippen LogP contribution is -2.53. The largest absolute Gasteiger partial charge is 0.324 e. The predicted octanol–water partition coefficient (Wildman–Crippen LogP) is 2.40. The number of hydrogen-bond acceptors (Lipinski definition) is 4. The lowest BCUT2D eigenvalue weighted by atomic mass is 9.76. The van der Waals surface area contributed by atoms with Gasteiger partial charge in [-0.05, 0) is 29.7 Å². The maximum atomic E-state index is 13.6. The minimum Gasteiger partial charge on any atom is -0.324 e. The van der Waals surface area contributed by atoms with Gasteiger partial charge in [0.15, 0.2) is 0 Å². The molecule has 0 aliphatic carbocycles. The van der Waals surface area contributed by atoms with Crippen molar-refractivity contribution in [3.05, 3.63) is 65.5 Å². The van der Waals surface area contributed by atoms with Crippen molar-refractivity contribution in [2.75, 3.05) is 5.32 Å². The summed E-state index contributed by atoms with van der Waals surface area (Å²) in [6.45, 7) is 4.02. The Morgan fingerprint density at radius 3 is 2.43 bits per heavy atom. The molecule has 3 amide bonds. The summed E-state index contributed by atoms with van der Waals surface area (Å²) in [6, 6.07) is 12.7. The second kappa shape index (κ2) is 6.47. The van der Waals surface area contributed by atoms with Gasteiger partial charge in [-0.2, -0.15) is 0 Å². The van der Waals surface area contributed by atoms with Gasteiger partial charge in [0.25, 0.3) is 0 Å². The van der Waals surface area contributed by atoms with Crippen molar-refractivity contribution >= 4 is 23.4 Å². The van der Waals surface area contributed by atoms with E-state index in [1.807, 2.05) is 32.0 Å². The molecule has 3 aliphatic heterocycles. The van der Waals surface area contributed by atoms with Crippen molar-refractivity contribution in [2.24, 2.45) is 17.8 Å². The Labute approximate surface area is 173 Å². The van der Waals surface area contributed by atoms with Crippen LogP contribution in [0.3, 0.4) is 0 Å². The second-order valence-electron chi connectivity index (χ2n) is 8.61. The summed E-state index contributed by atoms with van der Waals surface area (Å²) >= 11 is 0. The van der Waals surface area contributed by atoms with Crippen molar-refractivity contribution in [3.63, 3.8) is 0 Å². The molecule has 6 nitrogen and oxygen atoms in total. The minimum atomic E-state index is -1.26. The number of fused-ring (bicyclic) bond motifs is 4. The molecular formula is C23H22FN3O3. The van der Waals surface area contributed by atoms with Crippen molar-refractivity contribution in [1.82, 2.24) is 10.2 Å². The number of likely N-dealkylation sites (tertiary alicyclic amines) is 1. The fourth-order valence-corrected chi connectivity index (χ4v) is 5.25. The smallest absolute Gasteiger partial charge is 0.250 e. The van der Waals surface area contributed by atoms with Gasteiger partial charge >= 0.3 is 0 Å². The zero-order valence-electron chi connectivity index (χ0n) is 16.7. The highest BCUT2D eigenvalue weighted by molar-refractivity contribution is 6.15. The lowest BCUT2D eigenvalue weighted by molar-refractivity contribution is -0.143. The molecular weight excluding hydrogens is 385 g/mol. The Kier molecular flexibility index (Phi) is 4.08. The van der Waals surface area contributed by atoms with E-state index in [9.17, 15) is 18.8 Å². The number of carbonyl (C=O) groups is 3. The summed E-state index contributed by atoms with van der Waals surface area (Å²) in [5.41, 5.74) is 0.770. The van der Waals surface area contributed by atoms with Gasteiger partial charge in [0.05, 0.1) is 18.4 Å². The van der Waals surface area contributed by atoms with Crippen LogP contribution in [0.15, 0.2) is 48.5 Å². The van der Waals surface area contributed by atoms with Crippen molar-refractivity contribution < 1.29 is 18.8 Å². The number of hydrogen-bond donors (Lipinski definition) is 2. The molecule has 0 radical (unpaired) electrons. The van der Waals surface area contributed by atoms with E-state index >= 15 is 0 Å². The molecule has 2 aromatic rings. The van der Waals surface area contributed by atoms with Crippen LogP contribution in [0, 0.1) is 23.6 Å². The summed E-state index contributed by atoms with van der Waals surface area (Å²) in [5, 5.41) is 6.28. The van der Waals surface area contributed by atoms with Gasteiger partial charge in [-0.1, -0.05) is 44.2 Å². The zero-order chi connectivity index (χ0) is 21.2. The van der Waals surface area contributed by atoms with Crippen LogP contribution in [0.4, 0.5) is 10.1 Å². The number of para-hydroxylation sites is 1.